The van der Waals surface area contributed by atoms with E-state index in [4.69, 9.17) is 0 Å². The summed E-state index contributed by atoms with van der Waals surface area (Å²) < 4.78 is 1.86. The molecule has 0 unspecified atom stereocenters. The van der Waals surface area contributed by atoms with Gasteiger partial charge in [0.2, 0.25) is 0 Å². The Morgan fingerprint density at radius 1 is 1.75 bits per heavy atom. The molecular formula is C4H8IN3. The van der Waals surface area contributed by atoms with Gasteiger partial charge < -0.3 is 0 Å². The molecule has 0 aliphatic carbocycles. The average Bonchev–Trinajstić information content (AvgIpc) is 1.77. The average molecular weight is 225 g/mol. The molecule has 1 aliphatic rings. The fraction of sp³-hybridized carbons (Fsp3) is 1.00. The van der Waals surface area contributed by atoms with E-state index in [0.717, 1.165) is 13.0 Å². The van der Waals surface area contributed by atoms with Crippen LogP contribution in [-0.4, -0.2) is 15.8 Å². The van der Waals surface area contributed by atoms with Gasteiger partial charge in [0.1, 0.15) is 0 Å². The molecule has 46 valence electrons. The van der Waals surface area contributed by atoms with Crippen molar-refractivity contribution in [3.63, 3.8) is 0 Å². The van der Waals surface area contributed by atoms with Crippen molar-refractivity contribution < 1.29 is 0 Å². The van der Waals surface area contributed by atoms with Gasteiger partial charge in [-0.2, -0.15) is 5.11 Å². The van der Waals surface area contributed by atoms with E-state index < -0.39 is 0 Å². The van der Waals surface area contributed by atoms with Crippen molar-refractivity contribution in [2.24, 2.45) is 10.3 Å². The molecule has 1 heterocycles. The van der Waals surface area contributed by atoms with Gasteiger partial charge in [0.05, 0.1) is 35.5 Å². The summed E-state index contributed by atoms with van der Waals surface area (Å²) in [6.07, 6.45) is 1.13. The van der Waals surface area contributed by atoms with Gasteiger partial charge in [0, 0.05) is 0 Å². The highest BCUT2D eigenvalue weighted by molar-refractivity contribution is 14.1. The van der Waals surface area contributed by atoms with E-state index in [2.05, 4.69) is 40.1 Å². The SMILES string of the molecule is C[C@@H]1CCN=NN1I. The molecule has 0 aromatic carbocycles. The first-order valence-electron chi connectivity index (χ1n) is 2.63. The van der Waals surface area contributed by atoms with E-state index in [1.165, 1.54) is 0 Å². The largest absolute Gasteiger partial charge is 0.215 e. The van der Waals surface area contributed by atoms with E-state index in [0.29, 0.717) is 6.04 Å². The van der Waals surface area contributed by atoms with Crippen LogP contribution in [0, 0.1) is 0 Å². The molecule has 0 spiro atoms. The molecule has 0 saturated carbocycles. The van der Waals surface area contributed by atoms with Crippen molar-refractivity contribution in [2.45, 2.75) is 19.4 Å². The molecule has 0 bridgehead atoms. The van der Waals surface area contributed by atoms with Crippen LogP contribution >= 0.6 is 22.9 Å². The Bertz CT molecular complexity index is 103. The first-order valence-corrected chi connectivity index (χ1v) is 3.59. The topological polar surface area (TPSA) is 28.0 Å². The van der Waals surface area contributed by atoms with Crippen molar-refractivity contribution in [1.29, 1.82) is 0 Å². The normalized spacial score (nSPS) is 28.8. The zero-order chi connectivity index (χ0) is 5.98. The molecule has 0 saturated heterocycles. The highest BCUT2D eigenvalue weighted by Crippen LogP contribution is 2.14. The van der Waals surface area contributed by atoms with Crippen molar-refractivity contribution in [3.8, 4) is 0 Å². The molecule has 0 aromatic heterocycles. The van der Waals surface area contributed by atoms with Gasteiger partial charge in [-0.15, -0.1) is 0 Å². The zero-order valence-electron chi connectivity index (χ0n) is 4.71. The van der Waals surface area contributed by atoms with Crippen LogP contribution in [0.3, 0.4) is 0 Å². The molecule has 1 aliphatic heterocycles. The summed E-state index contributed by atoms with van der Waals surface area (Å²) in [7, 11) is 0. The smallest absolute Gasteiger partial charge is 0.0802 e. The summed E-state index contributed by atoms with van der Waals surface area (Å²) in [5.41, 5.74) is 0. The highest BCUT2D eigenvalue weighted by atomic mass is 127. The van der Waals surface area contributed by atoms with Crippen LogP contribution < -0.4 is 0 Å². The number of hydrogen-bond acceptors (Lipinski definition) is 3. The van der Waals surface area contributed by atoms with Crippen molar-refractivity contribution in [3.05, 3.63) is 0 Å². The molecule has 0 radical (unpaired) electrons. The predicted octanol–water partition coefficient (Wildman–Crippen LogP) is 1.80. The summed E-state index contributed by atoms with van der Waals surface area (Å²) in [6, 6.07) is 0.563. The van der Waals surface area contributed by atoms with Gasteiger partial charge in [0.15, 0.2) is 0 Å². The quantitative estimate of drug-likeness (QED) is 0.456. The number of hydrogen-bond donors (Lipinski definition) is 0. The van der Waals surface area contributed by atoms with Gasteiger partial charge in [-0.3, -0.25) is 0 Å². The maximum atomic E-state index is 3.86. The minimum atomic E-state index is 0.563. The van der Waals surface area contributed by atoms with Crippen molar-refractivity contribution >= 4 is 22.9 Å². The number of rotatable bonds is 0. The third-order valence-electron chi connectivity index (χ3n) is 1.16. The van der Waals surface area contributed by atoms with Gasteiger partial charge in [-0.1, -0.05) is 5.22 Å². The Balaban J connectivity index is 2.47. The van der Waals surface area contributed by atoms with E-state index in [1.54, 1.807) is 0 Å². The van der Waals surface area contributed by atoms with Crippen molar-refractivity contribution in [2.75, 3.05) is 6.54 Å². The first-order chi connectivity index (χ1) is 3.80. The molecule has 1 rings (SSSR count). The lowest BCUT2D eigenvalue weighted by Crippen LogP contribution is -2.21. The zero-order valence-corrected chi connectivity index (χ0v) is 6.87. The van der Waals surface area contributed by atoms with Crippen LogP contribution in [0.25, 0.3) is 0 Å². The van der Waals surface area contributed by atoms with Crippen LogP contribution in [0.5, 0.6) is 0 Å². The van der Waals surface area contributed by atoms with Gasteiger partial charge in [-0.25, -0.2) is 3.22 Å². The standard InChI is InChI=1S/C4H8IN3/c1-4-2-3-6-7-8(4)5/h4H,2-3H2,1H3/t4-/m1/s1. The lowest BCUT2D eigenvalue weighted by atomic mass is 10.2. The molecule has 0 aromatic rings. The molecule has 4 heteroatoms. The van der Waals surface area contributed by atoms with E-state index in [9.17, 15) is 0 Å². The van der Waals surface area contributed by atoms with Crippen molar-refractivity contribution in [1.82, 2.24) is 3.22 Å². The monoisotopic (exact) mass is 225 g/mol. The predicted molar refractivity (Wildman–Crippen MR) is 39.7 cm³/mol. The third-order valence-corrected chi connectivity index (χ3v) is 2.30. The highest BCUT2D eigenvalue weighted by Gasteiger charge is 2.11. The summed E-state index contributed by atoms with van der Waals surface area (Å²) in [6.45, 7) is 3.03. The maximum absolute atomic E-state index is 3.86. The van der Waals surface area contributed by atoms with Crippen LogP contribution in [0.4, 0.5) is 0 Å². The molecule has 8 heavy (non-hydrogen) atoms. The lowest BCUT2D eigenvalue weighted by Gasteiger charge is -2.19. The molecule has 0 fully saturated rings. The molecule has 1 atom stereocenters. The second-order valence-corrected chi connectivity index (χ2v) is 2.87. The first kappa shape index (κ1) is 6.25. The van der Waals surface area contributed by atoms with Gasteiger partial charge in [-0.05, 0) is 13.3 Å². The summed E-state index contributed by atoms with van der Waals surface area (Å²) >= 11 is 2.16. The second-order valence-electron chi connectivity index (χ2n) is 1.88. The van der Waals surface area contributed by atoms with E-state index in [-0.39, 0.29) is 0 Å². The minimum Gasteiger partial charge on any atom is -0.215 e. The van der Waals surface area contributed by atoms with Crippen LogP contribution in [0.2, 0.25) is 0 Å². The fourth-order valence-electron chi connectivity index (χ4n) is 0.544. The fourth-order valence-corrected chi connectivity index (χ4v) is 0.959. The molecular weight excluding hydrogens is 217 g/mol. The van der Waals surface area contributed by atoms with Crippen LogP contribution in [0.1, 0.15) is 13.3 Å². The maximum Gasteiger partial charge on any atom is 0.0802 e. The summed E-state index contributed by atoms with van der Waals surface area (Å²) in [4.78, 5) is 0. The molecule has 0 N–H and O–H groups in total. The Morgan fingerprint density at radius 2 is 2.50 bits per heavy atom. The van der Waals surface area contributed by atoms with Crippen LogP contribution in [0.15, 0.2) is 10.3 Å². The van der Waals surface area contributed by atoms with Gasteiger partial charge in [0.25, 0.3) is 0 Å². The number of nitrogens with zero attached hydrogens (tertiary/aromatic N) is 3. The van der Waals surface area contributed by atoms with Crippen LogP contribution in [-0.2, 0) is 0 Å². The third kappa shape index (κ3) is 1.30. The Morgan fingerprint density at radius 3 is 2.88 bits per heavy atom. The Hall–Kier alpha value is 0.130. The summed E-state index contributed by atoms with van der Waals surface area (Å²) in [5.74, 6) is 0. The second kappa shape index (κ2) is 2.61. The van der Waals surface area contributed by atoms with Gasteiger partial charge >= 0.3 is 0 Å². The van der Waals surface area contributed by atoms with E-state index in [1.807, 2.05) is 3.22 Å². The number of halogens is 1. The Kier molecular flexibility index (Phi) is 2.04. The van der Waals surface area contributed by atoms with E-state index >= 15 is 0 Å². The summed E-state index contributed by atoms with van der Waals surface area (Å²) in [5, 5.41) is 7.71. The minimum absolute atomic E-state index is 0.563. The Labute approximate surface area is 62.6 Å². The molecule has 3 nitrogen and oxygen atoms in total. The molecule has 0 amide bonds. The lowest BCUT2D eigenvalue weighted by molar-refractivity contribution is 0.343.